The first-order chi connectivity index (χ1) is 9.10. The molecule has 0 amide bonds. The van der Waals surface area contributed by atoms with E-state index in [1.807, 2.05) is 50.4 Å². The number of benzene rings is 1. The highest BCUT2D eigenvalue weighted by molar-refractivity contribution is 5.69. The van der Waals surface area contributed by atoms with Gasteiger partial charge in [-0.1, -0.05) is 6.07 Å². The van der Waals surface area contributed by atoms with Crippen LogP contribution in [0.25, 0.3) is 0 Å². The van der Waals surface area contributed by atoms with Crippen molar-refractivity contribution in [2.45, 2.75) is 13.5 Å². The van der Waals surface area contributed by atoms with Crippen LogP contribution in [0, 0.1) is 6.92 Å². The molecule has 1 aromatic carbocycles. The van der Waals surface area contributed by atoms with Crippen molar-refractivity contribution in [1.82, 2.24) is 4.98 Å². The highest BCUT2D eigenvalue weighted by atomic mass is 16.5. The fourth-order valence-electron chi connectivity index (χ4n) is 2.00. The quantitative estimate of drug-likeness (QED) is 0.855. The number of aryl methyl sites for hydroxylation is 1. The van der Waals surface area contributed by atoms with Crippen molar-refractivity contribution in [3.8, 4) is 5.75 Å². The lowest BCUT2D eigenvalue weighted by molar-refractivity contribution is 0.415. The molecule has 2 N–H and O–H groups in total. The maximum Gasteiger partial charge on any atom is 0.121 e. The predicted octanol–water partition coefficient (Wildman–Crippen LogP) is 2.62. The molecule has 2 aromatic rings. The molecule has 0 aliphatic rings. The monoisotopic (exact) mass is 257 g/mol. The second kappa shape index (κ2) is 5.61. The zero-order chi connectivity index (χ0) is 13.8. The Morgan fingerprint density at radius 1 is 1.26 bits per heavy atom. The van der Waals surface area contributed by atoms with E-state index in [2.05, 4.69) is 9.88 Å². The Hall–Kier alpha value is -2.23. The Balaban J connectivity index is 2.22. The average molecular weight is 257 g/mol. The van der Waals surface area contributed by atoms with Crippen LogP contribution in [0.2, 0.25) is 0 Å². The molecule has 0 spiro atoms. The molecule has 0 aliphatic heterocycles. The topological polar surface area (TPSA) is 51.4 Å². The molecule has 1 heterocycles. The molecule has 0 aliphatic carbocycles. The van der Waals surface area contributed by atoms with Crippen molar-refractivity contribution < 1.29 is 4.74 Å². The lowest BCUT2D eigenvalue weighted by Gasteiger charge is -2.21. The van der Waals surface area contributed by atoms with E-state index in [0.29, 0.717) is 6.54 Å². The zero-order valence-electron chi connectivity index (χ0n) is 11.6. The summed E-state index contributed by atoms with van der Waals surface area (Å²) in [6.07, 6.45) is 0. The number of methoxy groups -OCH3 is 1. The van der Waals surface area contributed by atoms with E-state index >= 15 is 0 Å². The van der Waals surface area contributed by atoms with Gasteiger partial charge in [0, 0.05) is 18.8 Å². The van der Waals surface area contributed by atoms with Gasteiger partial charge < -0.3 is 15.4 Å². The first kappa shape index (κ1) is 13.2. The highest BCUT2D eigenvalue weighted by Crippen LogP contribution is 2.28. The summed E-state index contributed by atoms with van der Waals surface area (Å²) >= 11 is 0. The van der Waals surface area contributed by atoms with Crippen LogP contribution in [-0.4, -0.2) is 19.1 Å². The molecule has 0 saturated carbocycles. The summed E-state index contributed by atoms with van der Waals surface area (Å²) in [5.74, 6) is 0.799. The van der Waals surface area contributed by atoms with Crippen LogP contribution in [0.4, 0.5) is 11.4 Å². The smallest absolute Gasteiger partial charge is 0.121 e. The third-order valence-electron chi connectivity index (χ3n) is 2.99. The molecule has 100 valence electrons. The second-order valence-electron chi connectivity index (χ2n) is 4.55. The number of anilines is 2. The zero-order valence-corrected chi connectivity index (χ0v) is 11.6. The Kier molecular flexibility index (Phi) is 3.90. The first-order valence-electron chi connectivity index (χ1n) is 6.17. The van der Waals surface area contributed by atoms with E-state index in [4.69, 9.17) is 10.5 Å². The van der Waals surface area contributed by atoms with E-state index < -0.39 is 0 Å². The van der Waals surface area contributed by atoms with Crippen LogP contribution in [-0.2, 0) is 6.54 Å². The molecular formula is C15H19N3O. The standard InChI is InChI=1S/C15H19N3O/c1-11-5-4-6-12(17-11)10-18(2)15-9-13(19-3)7-8-14(15)16/h4-9H,10,16H2,1-3H3. The van der Waals surface area contributed by atoms with Crippen LogP contribution in [0.15, 0.2) is 36.4 Å². The largest absolute Gasteiger partial charge is 0.497 e. The van der Waals surface area contributed by atoms with Crippen molar-refractivity contribution >= 4 is 11.4 Å². The Bertz CT molecular complexity index is 569. The highest BCUT2D eigenvalue weighted by Gasteiger charge is 2.08. The Morgan fingerprint density at radius 3 is 2.74 bits per heavy atom. The van der Waals surface area contributed by atoms with Gasteiger partial charge in [0.25, 0.3) is 0 Å². The molecule has 0 fully saturated rings. The van der Waals surface area contributed by atoms with Crippen molar-refractivity contribution in [1.29, 1.82) is 0 Å². The van der Waals surface area contributed by atoms with Crippen LogP contribution >= 0.6 is 0 Å². The average Bonchev–Trinajstić information content (AvgIpc) is 2.39. The minimum absolute atomic E-state index is 0.707. The van der Waals surface area contributed by atoms with Crippen LogP contribution in [0.3, 0.4) is 0 Å². The number of hydrogen-bond donors (Lipinski definition) is 1. The fraction of sp³-hybridized carbons (Fsp3) is 0.267. The molecular weight excluding hydrogens is 238 g/mol. The summed E-state index contributed by atoms with van der Waals surface area (Å²) in [4.78, 5) is 6.57. The van der Waals surface area contributed by atoms with E-state index in [9.17, 15) is 0 Å². The third-order valence-corrected chi connectivity index (χ3v) is 2.99. The third kappa shape index (κ3) is 3.16. The van der Waals surface area contributed by atoms with Crippen molar-refractivity contribution in [2.75, 3.05) is 24.8 Å². The number of nitrogens with two attached hydrogens (primary N) is 1. The van der Waals surface area contributed by atoms with Gasteiger partial charge in [-0.2, -0.15) is 0 Å². The van der Waals surface area contributed by atoms with Gasteiger partial charge in [-0.3, -0.25) is 4.98 Å². The molecule has 0 unspecified atom stereocenters. The van der Waals surface area contributed by atoms with E-state index in [1.54, 1.807) is 7.11 Å². The van der Waals surface area contributed by atoms with Crippen molar-refractivity contribution in [2.24, 2.45) is 0 Å². The van der Waals surface area contributed by atoms with Gasteiger partial charge in [0.05, 0.1) is 30.7 Å². The maximum atomic E-state index is 6.01. The van der Waals surface area contributed by atoms with Crippen LogP contribution < -0.4 is 15.4 Å². The summed E-state index contributed by atoms with van der Waals surface area (Å²) in [5, 5.41) is 0. The van der Waals surface area contributed by atoms with E-state index in [-0.39, 0.29) is 0 Å². The second-order valence-corrected chi connectivity index (χ2v) is 4.55. The Labute approximate surface area is 113 Å². The summed E-state index contributed by atoms with van der Waals surface area (Å²) in [5.41, 5.74) is 9.73. The van der Waals surface area contributed by atoms with Crippen molar-refractivity contribution in [3.05, 3.63) is 47.8 Å². The number of pyridine rings is 1. The Morgan fingerprint density at radius 2 is 2.05 bits per heavy atom. The SMILES string of the molecule is COc1ccc(N)c(N(C)Cc2cccc(C)n2)c1. The summed E-state index contributed by atoms with van der Waals surface area (Å²) in [6.45, 7) is 2.70. The molecule has 0 radical (unpaired) electrons. The van der Waals surface area contributed by atoms with E-state index in [0.717, 1.165) is 28.5 Å². The maximum absolute atomic E-state index is 6.01. The molecule has 0 saturated heterocycles. The van der Waals surface area contributed by atoms with Gasteiger partial charge in [-0.15, -0.1) is 0 Å². The number of ether oxygens (including phenoxy) is 1. The number of aromatic nitrogens is 1. The van der Waals surface area contributed by atoms with Gasteiger partial charge in [-0.05, 0) is 31.2 Å². The van der Waals surface area contributed by atoms with E-state index in [1.165, 1.54) is 0 Å². The molecule has 4 heteroatoms. The van der Waals surface area contributed by atoms with Gasteiger partial charge in [0.15, 0.2) is 0 Å². The minimum Gasteiger partial charge on any atom is -0.497 e. The summed E-state index contributed by atoms with van der Waals surface area (Å²) < 4.78 is 5.23. The van der Waals surface area contributed by atoms with Crippen LogP contribution in [0.1, 0.15) is 11.4 Å². The van der Waals surface area contributed by atoms with Gasteiger partial charge >= 0.3 is 0 Å². The molecule has 0 bridgehead atoms. The minimum atomic E-state index is 0.707. The van der Waals surface area contributed by atoms with Gasteiger partial charge in [-0.25, -0.2) is 0 Å². The number of hydrogen-bond acceptors (Lipinski definition) is 4. The summed E-state index contributed by atoms with van der Waals surface area (Å²) in [7, 11) is 3.65. The number of nitrogens with zero attached hydrogens (tertiary/aromatic N) is 2. The number of rotatable bonds is 4. The molecule has 1 aromatic heterocycles. The lowest BCUT2D eigenvalue weighted by atomic mass is 10.2. The fourth-order valence-corrected chi connectivity index (χ4v) is 2.00. The van der Waals surface area contributed by atoms with Crippen molar-refractivity contribution in [3.63, 3.8) is 0 Å². The number of nitrogen functional groups attached to an aromatic ring is 1. The first-order valence-corrected chi connectivity index (χ1v) is 6.17. The van der Waals surface area contributed by atoms with Crippen LogP contribution in [0.5, 0.6) is 5.75 Å². The molecule has 2 rings (SSSR count). The molecule has 4 nitrogen and oxygen atoms in total. The van der Waals surface area contributed by atoms with Gasteiger partial charge in [0.2, 0.25) is 0 Å². The predicted molar refractivity (Wildman–Crippen MR) is 78.5 cm³/mol. The lowest BCUT2D eigenvalue weighted by Crippen LogP contribution is -2.18. The van der Waals surface area contributed by atoms with Gasteiger partial charge in [0.1, 0.15) is 5.75 Å². The summed E-state index contributed by atoms with van der Waals surface area (Å²) in [6, 6.07) is 11.7. The molecule has 19 heavy (non-hydrogen) atoms. The normalized spacial score (nSPS) is 10.3. The molecule has 0 atom stereocenters.